The average molecular weight is 289 g/mol. The molecule has 1 saturated carbocycles. The molecule has 1 aromatic rings. The molecule has 5 heteroatoms. The molecule has 1 aliphatic carbocycles. The van der Waals surface area contributed by atoms with Crippen LogP contribution in [-0.4, -0.2) is 17.6 Å². The summed E-state index contributed by atoms with van der Waals surface area (Å²) in [4.78, 5) is 11.8. The smallest absolute Gasteiger partial charge is 0.227 e. The Balaban J connectivity index is 2.04. The standard InChI is InChI=1S/C15H19N3OS/c1-3-9-16-15(20)18-13-6-4-5-12(10(13)2)17-14(19)11-7-8-11/h3-6,11H,1,7-9H2,2H3,(H,17,19)(H2,16,18,20). The molecule has 0 unspecified atom stereocenters. The summed E-state index contributed by atoms with van der Waals surface area (Å²) >= 11 is 5.19. The summed E-state index contributed by atoms with van der Waals surface area (Å²) in [5.41, 5.74) is 2.70. The summed E-state index contributed by atoms with van der Waals surface area (Å²) in [6, 6.07) is 5.74. The lowest BCUT2D eigenvalue weighted by molar-refractivity contribution is -0.117. The van der Waals surface area contributed by atoms with Crippen LogP contribution in [0.2, 0.25) is 0 Å². The van der Waals surface area contributed by atoms with E-state index in [1.54, 1.807) is 6.08 Å². The Morgan fingerprint density at radius 1 is 1.40 bits per heavy atom. The van der Waals surface area contributed by atoms with Gasteiger partial charge in [-0.15, -0.1) is 6.58 Å². The Morgan fingerprint density at radius 3 is 2.65 bits per heavy atom. The third-order valence-electron chi connectivity index (χ3n) is 3.19. The molecule has 1 aromatic carbocycles. The molecule has 20 heavy (non-hydrogen) atoms. The Bertz CT molecular complexity index is 538. The Hall–Kier alpha value is -1.88. The van der Waals surface area contributed by atoms with Crippen molar-refractivity contribution in [3.05, 3.63) is 36.4 Å². The average Bonchev–Trinajstić information content (AvgIpc) is 3.25. The number of hydrogen-bond acceptors (Lipinski definition) is 2. The van der Waals surface area contributed by atoms with Crippen molar-refractivity contribution in [1.29, 1.82) is 0 Å². The number of benzene rings is 1. The minimum atomic E-state index is 0.109. The summed E-state index contributed by atoms with van der Waals surface area (Å²) < 4.78 is 0. The van der Waals surface area contributed by atoms with Crippen molar-refractivity contribution >= 4 is 34.6 Å². The van der Waals surface area contributed by atoms with Crippen molar-refractivity contribution in [3.63, 3.8) is 0 Å². The van der Waals surface area contributed by atoms with E-state index in [-0.39, 0.29) is 11.8 Å². The van der Waals surface area contributed by atoms with Crippen LogP contribution in [0.4, 0.5) is 11.4 Å². The van der Waals surface area contributed by atoms with Crippen LogP contribution in [0.25, 0.3) is 0 Å². The Labute approximate surface area is 124 Å². The summed E-state index contributed by atoms with van der Waals surface area (Å²) in [5, 5.41) is 9.65. The number of carbonyl (C=O) groups is 1. The first-order chi connectivity index (χ1) is 9.61. The molecule has 3 N–H and O–H groups in total. The van der Waals surface area contributed by atoms with E-state index in [0.29, 0.717) is 11.7 Å². The van der Waals surface area contributed by atoms with E-state index in [0.717, 1.165) is 29.8 Å². The zero-order chi connectivity index (χ0) is 14.5. The number of hydrogen-bond donors (Lipinski definition) is 3. The van der Waals surface area contributed by atoms with Crippen LogP contribution in [-0.2, 0) is 4.79 Å². The van der Waals surface area contributed by atoms with Gasteiger partial charge in [-0.2, -0.15) is 0 Å². The zero-order valence-electron chi connectivity index (χ0n) is 11.5. The highest BCUT2D eigenvalue weighted by atomic mass is 32.1. The number of amides is 1. The van der Waals surface area contributed by atoms with Crippen molar-refractivity contribution in [2.75, 3.05) is 17.2 Å². The van der Waals surface area contributed by atoms with E-state index in [9.17, 15) is 4.79 Å². The SMILES string of the molecule is C=CCNC(=S)Nc1cccc(NC(=O)C2CC2)c1C. The molecule has 106 valence electrons. The Morgan fingerprint density at radius 2 is 2.05 bits per heavy atom. The van der Waals surface area contributed by atoms with Crippen LogP contribution in [0.3, 0.4) is 0 Å². The fourth-order valence-electron chi connectivity index (χ4n) is 1.82. The second-order valence-corrected chi connectivity index (χ2v) is 5.27. The highest BCUT2D eigenvalue weighted by molar-refractivity contribution is 7.80. The number of carbonyl (C=O) groups excluding carboxylic acids is 1. The highest BCUT2D eigenvalue weighted by Crippen LogP contribution is 2.31. The van der Waals surface area contributed by atoms with Crippen molar-refractivity contribution in [2.45, 2.75) is 19.8 Å². The molecule has 0 heterocycles. The lowest BCUT2D eigenvalue weighted by Gasteiger charge is -2.15. The molecular weight excluding hydrogens is 270 g/mol. The fourth-order valence-corrected chi connectivity index (χ4v) is 2.01. The predicted octanol–water partition coefficient (Wildman–Crippen LogP) is 2.82. The van der Waals surface area contributed by atoms with Crippen LogP contribution < -0.4 is 16.0 Å². The van der Waals surface area contributed by atoms with E-state index in [1.165, 1.54) is 0 Å². The Kier molecular flexibility index (Phi) is 4.74. The van der Waals surface area contributed by atoms with Gasteiger partial charge in [-0.05, 0) is 49.7 Å². The van der Waals surface area contributed by atoms with Crippen molar-refractivity contribution in [3.8, 4) is 0 Å². The topological polar surface area (TPSA) is 53.2 Å². The fraction of sp³-hybridized carbons (Fsp3) is 0.333. The molecule has 0 aliphatic heterocycles. The minimum Gasteiger partial charge on any atom is -0.359 e. The van der Waals surface area contributed by atoms with Crippen LogP contribution in [0, 0.1) is 12.8 Å². The van der Waals surface area contributed by atoms with Gasteiger partial charge in [0.05, 0.1) is 0 Å². The third-order valence-corrected chi connectivity index (χ3v) is 3.44. The van der Waals surface area contributed by atoms with E-state index >= 15 is 0 Å². The summed E-state index contributed by atoms with van der Waals surface area (Å²) in [5.74, 6) is 0.305. The van der Waals surface area contributed by atoms with Crippen LogP contribution >= 0.6 is 12.2 Å². The molecule has 4 nitrogen and oxygen atoms in total. The number of nitrogens with one attached hydrogen (secondary N) is 3. The molecule has 0 bridgehead atoms. The number of rotatable bonds is 5. The minimum absolute atomic E-state index is 0.109. The van der Waals surface area contributed by atoms with Crippen molar-refractivity contribution in [2.24, 2.45) is 5.92 Å². The second kappa shape index (κ2) is 6.52. The lowest BCUT2D eigenvalue weighted by atomic mass is 10.1. The first-order valence-electron chi connectivity index (χ1n) is 6.68. The zero-order valence-corrected chi connectivity index (χ0v) is 12.3. The molecular formula is C15H19N3OS. The van der Waals surface area contributed by atoms with E-state index in [1.807, 2.05) is 25.1 Å². The second-order valence-electron chi connectivity index (χ2n) is 4.87. The molecule has 1 aliphatic rings. The monoisotopic (exact) mass is 289 g/mol. The maximum absolute atomic E-state index is 11.8. The van der Waals surface area contributed by atoms with Gasteiger partial charge in [0.2, 0.25) is 5.91 Å². The first kappa shape index (κ1) is 14.5. The molecule has 0 aromatic heterocycles. The van der Waals surface area contributed by atoms with Gasteiger partial charge in [0.1, 0.15) is 0 Å². The maximum Gasteiger partial charge on any atom is 0.227 e. The predicted molar refractivity (Wildman–Crippen MR) is 87.0 cm³/mol. The quantitative estimate of drug-likeness (QED) is 0.576. The van der Waals surface area contributed by atoms with Gasteiger partial charge in [-0.25, -0.2) is 0 Å². The van der Waals surface area contributed by atoms with E-state index < -0.39 is 0 Å². The van der Waals surface area contributed by atoms with Crippen LogP contribution in [0.5, 0.6) is 0 Å². The molecule has 0 spiro atoms. The largest absolute Gasteiger partial charge is 0.359 e. The molecule has 2 rings (SSSR count). The van der Waals surface area contributed by atoms with Gasteiger partial charge in [-0.3, -0.25) is 4.79 Å². The van der Waals surface area contributed by atoms with Gasteiger partial charge in [0.15, 0.2) is 5.11 Å². The van der Waals surface area contributed by atoms with E-state index in [4.69, 9.17) is 12.2 Å². The van der Waals surface area contributed by atoms with Crippen molar-refractivity contribution < 1.29 is 4.79 Å². The first-order valence-corrected chi connectivity index (χ1v) is 7.09. The molecule has 0 atom stereocenters. The number of thiocarbonyl (C=S) groups is 1. The van der Waals surface area contributed by atoms with Crippen LogP contribution in [0.1, 0.15) is 18.4 Å². The molecule has 1 amide bonds. The highest BCUT2D eigenvalue weighted by Gasteiger charge is 2.29. The molecule has 0 saturated heterocycles. The normalized spacial score (nSPS) is 13.4. The van der Waals surface area contributed by atoms with Gasteiger partial charge in [0, 0.05) is 23.8 Å². The third kappa shape index (κ3) is 3.81. The van der Waals surface area contributed by atoms with Crippen molar-refractivity contribution in [1.82, 2.24) is 5.32 Å². The summed E-state index contributed by atoms with van der Waals surface area (Å²) in [7, 11) is 0. The lowest BCUT2D eigenvalue weighted by Crippen LogP contribution is -2.28. The number of anilines is 2. The van der Waals surface area contributed by atoms with Gasteiger partial charge in [0.25, 0.3) is 0 Å². The van der Waals surface area contributed by atoms with E-state index in [2.05, 4.69) is 22.5 Å². The van der Waals surface area contributed by atoms with Crippen LogP contribution in [0.15, 0.2) is 30.9 Å². The maximum atomic E-state index is 11.8. The summed E-state index contributed by atoms with van der Waals surface area (Å²) in [6.07, 6.45) is 3.74. The van der Waals surface area contributed by atoms with Gasteiger partial charge < -0.3 is 16.0 Å². The van der Waals surface area contributed by atoms with Gasteiger partial charge >= 0.3 is 0 Å². The molecule has 1 fully saturated rings. The molecule has 0 radical (unpaired) electrons. The van der Waals surface area contributed by atoms with Gasteiger partial charge in [-0.1, -0.05) is 12.1 Å². The summed E-state index contributed by atoms with van der Waals surface area (Å²) in [6.45, 7) is 6.20.